The van der Waals surface area contributed by atoms with Crippen LogP contribution in [0.5, 0.6) is 0 Å². The number of aromatic nitrogens is 2. The summed E-state index contributed by atoms with van der Waals surface area (Å²) in [5.41, 5.74) is 1.03. The molecule has 128 valence electrons. The number of thiophene rings is 1. The Labute approximate surface area is 145 Å². The van der Waals surface area contributed by atoms with Gasteiger partial charge in [0, 0.05) is 31.4 Å². The predicted molar refractivity (Wildman–Crippen MR) is 94.6 cm³/mol. The molecule has 0 aliphatic carbocycles. The van der Waals surface area contributed by atoms with E-state index in [-0.39, 0.29) is 12.5 Å². The van der Waals surface area contributed by atoms with Gasteiger partial charge in [0.2, 0.25) is 0 Å². The maximum Gasteiger partial charge on any atom is 0.261 e. The van der Waals surface area contributed by atoms with Crippen LogP contribution in [0.15, 0.2) is 23.8 Å². The Morgan fingerprint density at radius 2 is 2.25 bits per heavy atom. The average molecular weight is 346 g/mol. The van der Waals surface area contributed by atoms with E-state index in [4.69, 9.17) is 0 Å². The second kappa shape index (κ2) is 6.86. The zero-order valence-corrected chi connectivity index (χ0v) is 14.8. The standard InChI is InChI=1S/C17H22N4O2S/c1-12-6-14(24-8-12)16(22)18-9-17(23)4-3-5-21(10-17)15-7-13(2)19-11-20-15/h6-8,11,23H,3-5,9-10H2,1-2H3,(H,18,22)/t17-/m0/s1. The molecular weight excluding hydrogens is 324 g/mol. The molecule has 0 spiro atoms. The van der Waals surface area contributed by atoms with Crippen LogP contribution in [-0.4, -0.2) is 46.2 Å². The van der Waals surface area contributed by atoms with Crippen LogP contribution in [0.2, 0.25) is 0 Å². The van der Waals surface area contributed by atoms with Gasteiger partial charge in [-0.3, -0.25) is 4.79 Å². The SMILES string of the molecule is Cc1csc(C(=O)NC[C@@]2(O)CCCN(c3cc(C)ncn3)C2)c1. The first-order chi connectivity index (χ1) is 11.5. The van der Waals surface area contributed by atoms with Gasteiger partial charge in [0.05, 0.1) is 10.5 Å². The Balaban J connectivity index is 1.63. The number of nitrogens with zero attached hydrogens (tertiary/aromatic N) is 3. The molecule has 1 saturated heterocycles. The third-order valence-electron chi connectivity index (χ3n) is 4.20. The lowest BCUT2D eigenvalue weighted by atomic mass is 9.92. The van der Waals surface area contributed by atoms with Crippen LogP contribution in [0, 0.1) is 13.8 Å². The number of aryl methyl sites for hydroxylation is 2. The third kappa shape index (κ3) is 3.91. The molecule has 2 aromatic heterocycles. The summed E-state index contributed by atoms with van der Waals surface area (Å²) in [4.78, 5) is 23.3. The number of rotatable bonds is 4. The topological polar surface area (TPSA) is 78.4 Å². The first-order valence-electron chi connectivity index (χ1n) is 8.04. The number of aliphatic hydroxyl groups is 1. The fraction of sp³-hybridized carbons (Fsp3) is 0.471. The smallest absolute Gasteiger partial charge is 0.261 e. The summed E-state index contributed by atoms with van der Waals surface area (Å²) in [6.07, 6.45) is 3.06. The normalized spacial score (nSPS) is 20.9. The Morgan fingerprint density at radius 3 is 2.96 bits per heavy atom. The molecule has 7 heteroatoms. The van der Waals surface area contributed by atoms with Crippen molar-refractivity contribution in [1.82, 2.24) is 15.3 Å². The molecule has 2 N–H and O–H groups in total. The minimum Gasteiger partial charge on any atom is -0.386 e. The molecule has 1 amide bonds. The Bertz CT molecular complexity index is 733. The van der Waals surface area contributed by atoms with E-state index in [2.05, 4.69) is 20.2 Å². The maximum absolute atomic E-state index is 12.2. The zero-order chi connectivity index (χ0) is 17.2. The fourth-order valence-corrected chi connectivity index (χ4v) is 3.76. The van der Waals surface area contributed by atoms with Crippen molar-refractivity contribution in [1.29, 1.82) is 0 Å². The molecular formula is C17H22N4O2S. The first-order valence-corrected chi connectivity index (χ1v) is 8.92. The molecule has 0 unspecified atom stereocenters. The van der Waals surface area contributed by atoms with E-state index in [1.165, 1.54) is 11.3 Å². The van der Waals surface area contributed by atoms with Gasteiger partial charge in [0.1, 0.15) is 12.1 Å². The molecule has 1 aliphatic rings. The van der Waals surface area contributed by atoms with Gasteiger partial charge in [0.25, 0.3) is 5.91 Å². The summed E-state index contributed by atoms with van der Waals surface area (Å²) in [7, 11) is 0. The van der Waals surface area contributed by atoms with E-state index in [0.717, 1.165) is 30.0 Å². The van der Waals surface area contributed by atoms with E-state index < -0.39 is 5.60 Å². The predicted octanol–water partition coefficient (Wildman–Crippen LogP) is 1.92. The van der Waals surface area contributed by atoms with Crippen LogP contribution in [0.1, 0.15) is 33.8 Å². The van der Waals surface area contributed by atoms with Crippen molar-refractivity contribution in [3.63, 3.8) is 0 Å². The van der Waals surface area contributed by atoms with Gasteiger partial charge >= 0.3 is 0 Å². The Morgan fingerprint density at radius 1 is 1.42 bits per heavy atom. The minimum absolute atomic E-state index is 0.128. The molecule has 3 rings (SSSR count). The van der Waals surface area contributed by atoms with Crippen molar-refractivity contribution >= 4 is 23.1 Å². The lowest BCUT2D eigenvalue weighted by Crippen LogP contribution is -2.54. The van der Waals surface area contributed by atoms with Gasteiger partial charge in [-0.2, -0.15) is 0 Å². The summed E-state index contributed by atoms with van der Waals surface area (Å²) in [6.45, 7) is 5.42. The monoisotopic (exact) mass is 346 g/mol. The lowest BCUT2D eigenvalue weighted by molar-refractivity contribution is 0.0255. The summed E-state index contributed by atoms with van der Waals surface area (Å²) in [5.74, 6) is 0.692. The second-order valence-electron chi connectivity index (χ2n) is 6.44. The van der Waals surface area contributed by atoms with Crippen LogP contribution < -0.4 is 10.2 Å². The van der Waals surface area contributed by atoms with Gasteiger partial charge in [0.15, 0.2) is 0 Å². The van der Waals surface area contributed by atoms with Gasteiger partial charge in [-0.15, -0.1) is 11.3 Å². The van der Waals surface area contributed by atoms with Gasteiger partial charge in [-0.25, -0.2) is 9.97 Å². The number of anilines is 1. The van der Waals surface area contributed by atoms with Crippen LogP contribution in [0.25, 0.3) is 0 Å². The molecule has 1 aliphatic heterocycles. The zero-order valence-electron chi connectivity index (χ0n) is 14.0. The molecule has 0 bridgehead atoms. The highest BCUT2D eigenvalue weighted by Crippen LogP contribution is 2.25. The number of piperidine rings is 1. The second-order valence-corrected chi connectivity index (χ2v) is 7.35. The summed E-state index contributed by atoms with van der Waals surface area (Å²) in [6, 6.07) is 3.78. The Kier molecular flexibility index (Phi) is 4.82. The summed E-state index contributed by atoms with van der Waals surface area (Å²) >= 11 is 1.42. The highest BCUT2D eigenvalue weighted by Gasteiger charge is 2.34. The van der Waals surface area contributed by atoms with Crippen LogP contribution in [-0.2, 0) is 0 Å². The van der Waals surface area contributed by atoms with Crippen LogP contribution >= 0.6 is 11.3 Å². The molecule has 1 atom stereocenters. The van der Waals surface area contributed by atoms with Crippen molar-refractivity contribution in [2.75, 3.05) is 24.5 Å². The van der Waals surface area contributed by atoms with Crippen molar-refractivity contribution in [2.45, 2.75) is 32.3 Å². The number of carbonyl (C=O) groups is 1. The summed E-state index contributed by atoms with van der Waals surface area (Å²) in [5, 5.41) is 15.7. The van der Waals surface area contributed by atoms with Crippen molar-refractivity contribution in [3.05, 3.63) is 40.0 Å². The molecule has 0 radical (unpaired) electrons. The van der Waals surface area contributed by atoms with E-state index in [1.807, 2.05) is 31.4 Å². The maximum atomic E-state index is 12.2. The number of nitrogens with one attached hydrogen (secondary N) is 1. The summed E-state index contributed by atoms with van der Waals surface area (Å²) < 4.78 is 0. The minimum atomic E-state index is -0.945. The molecule has 1 fully saturated rings. The van der Waals surface area contributed by atoms with E-state index in [1.54, 1.807) is 6.33 Å². The van der Waals surface area contributed by atoms with Crippen LogP contribution in [0.4, 0.5) is 5.82 Å². The Hall–Kier alpha value is -1.99. The number of carbonyl (C=O) groups excluding carboxylic acids is 1. The average Bonchev–Trinajstić information content (AvgIpc) is 2.99. The number of hydrogen-bond acceptors (Lipinski definition) is 6. The van der Waals surface area contributed by atoms with E-state index in [9.17, 15) is 9.90 Å². The molecule has 2 aromatic rings. The van der Waals surface area contributed by atoms with Crippen molar-refractivity contribution in [2.24, 2.45) is 0 Å². The molecule has 24 heavy (non-hydrogen) atoms. The van der Waals surface area contributed by atoms with Crippen LogP contribution in [0.3, 0.4) is 0 Å². The highest BCUT2D eigenvalue weighted by atomic mass is 32.1. The highest BCUT2D eigenvalue weighted by molar-refractivity contribution is 7.12. The van der Waals surface area contributed by atoms with E-state index in [0.29, 0.717) is 17.8 Å². The molecule has 0 saturated carbocycles. The quantitative estimate of drug-likeness (QED) is 0.884. The third-order valence-corrected chi connectivity index (χ3v) is 5.25. The van der Waals surface area contributed by atoms with Crippen molar-refractivity contribution in [3.8, 4) is 0 Å². The molecule has 0 aromatic carbocycles. The van der Waals surface area contributed by atoms with Crippen molar-refractivity contribution < 1.29 is 9.90 Å². The van der Waals surface area contributed by atoms with Gasteiger partial charge < -0.3 is 15.3 Å². The number of hydrogen-bond donors (Lipinski definition) is 2. The largest absolute Gasteiger partial charge is 0.386 e. The van der Waals surface area contributed by atoms with E-state index >= 15 is 0 Å². The molecule has 6 nitrogen and oxygen atoms in total. The first kappa shape index (κ1) is 16.9. The lowest BCUT2D eigenvalue weighted by Gasteiger charge is -2.39. The van der Waals surface area contributed by atoms with Gasteiger partial charge in [-0.05, 0) is 43.7 Å². The van der Waals surface area contributed by atoms with Gasteiger partial charge in [-0.1, -0.05) is 0 Å². The fourth-order valence-electron chi connectivity index (χ4n) is 2.95. The number of amides is 1. The number of β-amino-alcohol motifs (C(OH)–C–C–N with tert-alkyl or cyclic N) is 1. The molecule has 3 heterocycles.